The Balaban J connectivity index is 1.29. The van der Waals surface area contributed by atoms with Crippen LogP contribution in [0.4, 0.5) is 4.39 Å². The summed E-state index contributed by atoms with van der Waals surface area (Å²) < 4.78 is 13.1. The Kier molecular flexibility index (Phi) is 7.37. The topological polar surface area (TPSA) is 36.4 Å². The predicted octanol–water partition coefficient (Wildman–Crippen LogP) is 5.23. The SMILES string of the molecule is Cc1nc(CSc2ccc(C(=O)N3CCCN(Cc4ccc(F)cc4)CC3)cc2)cs1. The zero-order valence-electron chi connectivity index (χ0n) is 17.6. The highest BCUT2D eigenvalue weighted by Gasteiger charge is 2.20. The van der Waals surface area contributed by atoms with Gasteiger partial charge in [0.15, 0.2) is 0 Å². The van der Waals surface area contributed by atoms with Gasteiger partial charge in [0.1, 0.15) is 5.82 Å². The van der Waals surface area contributed by atoms with Gasteiger partial charge in [0.05, 0.1) is 10.7 Å². The third-order valence-electron chi connectivity index (χ3n) is 5.35. The maximum Gasteiger partial charge on any atom is 0.253 e. The maximum absolute atomic E-state index is 13.1. The average molecular weight is 456 g/mol. The predicted molar refractivity (Wildman–Crippen MR) is 125 cm³/mol. The summed E-state index contributed by atoms with van der Waals surface area (Å²) in [5.74, 6) is 0.725. The highest BCUT2D eigenvalue weighted by atomic mass is 32.2. The van der Waals surface area contributed by atoms with Gasteiger partial charge in [0.25, 0.3) is 5.91 Å². The molecule has 0 bridgehead atoms. The van der Waals surface area contributed by atoms with Gasteiger partial charge in [-0.3, -0.25) is 9.69 Å². The number of benzene rings is 2. The third-order valence-corrected chi connectivity index (χ3v) is 7.22. The minimum absolute atomic E-state index is 0.0929. The molecular weight excluding hydrogens is 429 g/mol. The van der Waals surface area contributed by atoms with Crippen LogP contribution in [0, 0.1) is 12.7 Å². The number of nitrogens with zero attached hydrogens (tertiary/aromatic N) is 3. The van der Waals surface area contributed by atoms with Crippen molar-refractivity contribution < 1.29 is 9.18 Å². The first-order chi connectivity index (χ1) is 15.1. The standard InChI is InChI=1S/C24H26FN3OS2/c1-18-26-22(16-30-18)17-31-23-9-5-20(6-10-23)24(29)28-12-2-11-27(13-14-28)15-19-3-7-21(25)8-4-19/h3-10,16H,2,11-15,17H2,1H3. The molecule has 0 radical (unpaired) electrons. The second kappa shape index (κ2) is 10.4. The Morgan fingerprint density at radius 1 is 1.06 bits per heavy atom. The van der Waals surface area contributed by atoms with E-state index in [9.17, 15) is 9.18 Å². The lowest BCUT2D eigenvalue weighted by molar-refractivity contribution is 0.0761. The molecule has 1 aliphatic rings. The van der Waals surface area contributed by atoms with Crippen LogP contribution >= 0.6 is 23.1 Å². The van der Waals surface area contributed by atoms with Crippen molar-refractivity contribution in [2.24, 2.45) is 0 Å². The average Bonchev–Trinajstić information content (AvgIpc) is 3.06. The molecule has 0 atom stereocenters. The van der Waals surface area contributed by atoms with E-state index in [1.807, 2.05) is 48.2 Å². The molecule has 1 fully saturated rings. The van der Waals surface area contributed by atoms with E-state index < -0.39 is 0 Å². The number of rotatable bonds is 6. The number of carbonyl (C=O) groups excluding carboxylic acids is 1. The molecule has 1 amide bonds. The van der Waals surface area contributed by atoms with Crippen LogP contribution in [-0.4, -0.2) is 46.9 Å². The largest absolute Gasteiger partial charge is 0.337 e. The second-order valence-corrected chi connectivity index (χ2v) is 9.83. The number of aromatic nitrogens is 1. The van der Waals surface area contributed by atoms with E-state index in [1.54, 1.807) is 23.1 Å². The maximum atomic E-state index is 13.1. The summed E-state index contributed by atoms with van der Waals surface area (Å²) >= 11 is 3.41. The van der Waals surface area contributed by atoms with Crippen LogP contribution in [0.1, 0.15) is 33.0 Å². The summed E-state index contributed by atoms with van der Waals surface area (Å²) in [7, 11) is 0. The van der Waals surface area contributed by atoms with Gasteiger partial charge in [-0.1, -0.05) is 12.1 Å². The number of amides is 1. The van der Waals surface area contributed by atoms with E-state index in [2.05, 4.69) is 15.3 Å². The fraction of sp³-hybridized carbons (Fsp3) is 0.333. The normalized spacial score (nSPS) is 15.1. The van der Waals surface area contributed by atoms with E-state index >= 15 is 0 Å². The van der Waals surface area contributed by atoms with E-state index in [0.717, 1.165) is 65.1 Å². The molecule has 1 aromatic heterocycles. The van der Waals surface area contributed by atoms with Crippen molar-refractivity contribution in [1.29, 1.82) is 0 Å². The second-order valence-electron chi connectivity index (χ2n) is 7.72. The lowest BCUT2D eigenvalue weighted by Crippen LogP contribution is -2.35. The van der Waals surface area contributed by atoms with Crippen molar-refractivity contribution in [3.05, 3.63) is 81.6 Å². The van der Waals surface area contributed by atoms with Crippen LogP contribution in [0.25, 0.3) is 0 Å². The van der Waals surface area contributed by atoms with E-state index in [-0.39, 0.29) is 11.7 Å². The molecule has 0 saturated carbocycles. The summed E-state index contributed by atoms with van der Waals surface area (Å²) in [6, 6.07) is 14.6. The number of halogens is 1. The minimum Gasteiger partial charge on any atom is -0.337 e. The molecule has 4 nitrogen and oxygen atoms in total. The molecule has 3 aromatic rings. The number of thioether (sulfide) groups is 1. The van der Waals surface area contributed by atoms with Crippen LogP contribution in [0.3, 0.4) is 0 Å². The van der Waals surface area contributed by atoms with Gasteiger partial charge in [-0.25, -0.2) is 9.37 Å². The molecule has 0 unspecified atom stereocenters. The van der Waals surface area contributed by atoms with Crippen LogP contribution < -0.4 is 0 Å². The molecule has 7 heteroatoms. The minimum atomic E-state index is -0.209. The van der Waals surface area contributed by atoms with Crippen molar-refractivity contribution >= 4 is 29.0 Å². The van der Waals surface area contributed by atoms with Crippen molar-refractivity contribution in [3.63, 3.8) is 0 Å². The number of aryl methyl sites for hydroxylation is 1. The monoisotopic (exact) mass is 455 g/mol. The van der Waals surface area contributed by atoms with Gasteiger partial charge in [-0.15, -0.1) is 23.1 Å². The summed E-state index contributed by atoms with van der Waals surface area (Å²) in [5, 5.41) is 3.18. The van der Waals surface area contributed by atoms with Gasteiger partial charge in [-0.2, -0.15) is 0 Å². The molecule has 0 aliphatic carbocycles. The number of thiazole rings is 1. The molecule has 2 heterocycles. The highest BCUT2D eigenvalue weighted by molar-refractivity contribution is 7.98. The van der Waals surface area contributed by atoms with E-state index in [0.29, 0.717) is 6.54 Å². The number of carbonyl (C=O) groups is 1. The molecule has 1 aliphatic heterocycles. The van der Waals surface area contributed by atoms with Gasteiger partial charge < -0.3 is 4.90 Å². The quantitative estimate of drug-likeness (QED) is 0.477. The highest BCUT2D eigenvalue weighted by Crippen LogP contribution is 2.24. The molecule has 0 N–H and O–H groups in total. The molecule has 2 aromatic carbocycles. The van der Waals surface area contributed by atoms with E-state index in [1.165, 1.54) is 12.1 Å². The zero-order chi connectivity index (χ0) is 21.6. The lowest BCUT2D eigenvalue weighted by atomic mass is 10.2. The fourth-order valence-electron chi connectivity index (χ4n) is 3.69. The van der Waals surface area contributed by atoms with Gasteiger partial charge in [0, 0.05) is 54.3 Å². The van der Waals surface area contributed by atoms with Crippen molar-refractivity contribution in [3.8, 4) is 0 Å². The zero-order valence-corrected chi connectivity index (χ0v) is 19.2. The van der Waals surface area contributed by atoms with Gasteiger partial charge >= 0.3 is 0 Å². The smallest absolute Gasteiger partial charge is 0.253 e. The first-order valence-electron chi connectivity index (χ1n) is 10.5. The first-order valence-corrected chi connectivity index (χ1v) is 12.3. The summed E-state index contributed by atoms with van der Waals surface area (Å²) in [5.41, 5.74) is 2.94. The molecule has 0 spiro atoms. The summed E-state index contributed by atoms with van der Waals surface area (Å²) in [4.78, 5) is 22.9. The number of hydrogen-bond acceptors (Lipinski definition) is 5. The van der Waals surface area contributed by atoms with Crippen LogP contribution in [-0.2, 0) is 12.3 Å². The van der Waals surface area contributed by atoms with Crippen molar-refractivity contribution in [2.75, 3.05) is 26.2 Å². The number of hydrogen-bond donors (Lipinski definition) is 0. The van der Waals surface area contributed by atoms with Crippen LogP contribution in [0.15, 0.2) is 58.8 Å². The molecular formula is C24H26FN3OS2. The summed E-state index contributed by atoms with van der Waals surface area (Å²) in [6.07, 6.45) is 0.938. The van der Waals surface area contributed by atoms with Crippen LogP contribution in [0.2, 0.25) is 0 Å². The Morgan fingerprint density at radius 3 is 2.55 bits per heavy atom. The first kappa shape index (κ1) is 22.0. The Labute approximate surface area is 191 Å². The summed E-state index contributed by atoms with van der Waals surface area (Å²) in [6.45, 7) is 6.03. The Bertz CT molecular complexity index is 1000. The fourth-order valence-corrected chi connectivity index (χ4v) is 5.20. The lowest BCUT2D eigenvalue weighted by Gasteiger charge is -2.22. The Morgan fingerprint density at radius 2 is 1.84 bits per heavy atom. The van der Waals surface area contributed by atoms with Crippen LogP contribution in [0.5, 0.6) is 0 Å². The van der Waals surface area contributed by atoms with Crippen molar-refractivity contribution in [1.82, 2.24) is 14.8 Å². The van der Waals surface area contributed by atoms with Crippen molar-refractivity contribution in [2.45, 2.75) is 30.5 Å². The third kappa shape index (κ3) is 6.15. The Hall–Kier alpha value is -2.22. The van der Waals surface area contributed by atoms with Gasteiger partial charge in [0.2, 0.25) is 0 Å². The molecule has 162 valence electrons. The van der Waals surface area contributed by atoms with Gasteiger partial charge in [-0.05, 0) is 55.3 Å². The van der Waals surface area contributed by atoms with E-state index in [4.69, 9.17) is 0 Å². The molecule has 4 rings (SSSR count). The molecule has 31 heavy (non-hydrogen) atoms. The molecule has 1 saturated heterocycles.